The summed E-state index contributed by atoms with van der Waals surface area (Å²) >= 11 is 12.7. The van der Waals surface area contributed by atoms with Crippen LogP contribution in [0.25, 0.3) is 0 Å². The summed E-state index contributed by atoms with van der Waals surface area (Å²) in [6.07, 6.45) is 13.9. The van der Waals surface area contributed by atoms with Crippen LogP contribution >= 0.6 is 23.2 Å². The number of unbranched alkanes of at least 4 members (excludes halogenated alkanes) is 7. The molecule has 0 heterocycles. The van der Waals surface area contributed by atoms with Crippen LogP contribution in [0.5, 0.6) is 0 Å². The molecule has 0 atom stereocenters. The van der Waals surface area contributed by atoms with Crippen LogP contribution < -0.4 is 0 Å². The lowest BCUT2D eigenvalue weighted by Gasteiger charge is -2.09. The molecular formula is C19H30Cl2. The van der Waals surface area contributed by atoms with E-state index in [2.05, 4.69) is 26.0 Å². The first kappa shape index (κ1) is 18.8. The van der Waals surface area contributed by atoms with Crippen molar-refractivity contribution < 1.29 is 0 Å². The first-order chi connectivity index (χ1) is 10.2. The largest absolute Gasteiger partial charge is 0.0840 e. The lowest BCUT2D eigenvalue weighted by atomic mass is 10.0. The van der Waals surface area contributed by atoms with Gasteiger partial charge in [0.15, 0.2) is 0 Å². The number of halogens is 2. The molecule has 0 saturated carbocycles. The Labute approximate surface area is 141 Å². The van der Waals surface area contributed by atoms with Gasteiger partial charge in [0.2, 0.25) is 0 Å². The molecule has 0 aliphatic heterocycles. The van der Waals surface area contributed by atoms with E-state index in [1.807, 2.05) is 0 Å². The summed E-state index contributed by atoms with van der Waals surface area (Å²) in [6, 6.07) is 4.14. The highest BCUT2D eigenvalue weighted by Crippen LogP contribution is 2.27. The summed E-state index contributed by atoms with van der Waals surface area (Å²) < 4.78 is 0. The molecule has 21 heavy (non-hydrogen) atoms. The van der Waals surface area contributed by atoms with E-state index in [1.165, 1.54) is 62.5 Å². The molecule has 1 aromatic carbocycles. The predicted octanol–water partition coefficient (Wildman–Crippen LogP) is 7.63. The lowest BCUT2D eigenvalue weighted by Crippen LogP contribution is -1.92. The van der Waals surface area contributed by atoms with E-state index < -0.39 is 0 Å². The molecular weight excluding hydrogens is 299 g/mol. The zero-order chi connectivity index (χ0) is 15.5. The third-order valence-corrected chi connectivity index (χ3v) is 4.74. The van der Waals surface area contributed by atoms with Crippen LogP contribution in [0, 0.1) is 0 Å². The van der Waals surface area contributed by atoms with Crippen molar-refractivity contribution in [3.63, 3.8) is 0 Å². The molecule has 0 N–H and O–H groups in total. The fourth-order valence-electron chi connectivity index (χ4n) is 2.73. The van der Waals surface area contributed by atoms with Gasteiger partial charge in [-0.1, -0.05) is 88.4 Å². The van der Waals surface area contributed by atoms with E-state index in [-0.39, 0.29) is 0 Å². The van der Waals surface area contributed by atoms with Gasteiger partial charge in [0.25, 0.3) is 0 Å². The molecule has 0 bridgehead atoms. The van der Waals surface area contributed by atoms with E-state index in [4.69, 9.17) is 23.2 Å². The molecule has 0 unspecified atom stereocenters. The Hall–Kier alpha value is -0.200. The molecule has 2 heteroatoms. The highest BCUT2D eigenvalue weighted by atomic mass is 35.5. The minimum Gasteiger partial charge on any atom is -0.0840 e. The molecule has 0 aromatic heterocycles. The first-order valence-corrected chi connectivity index (χ1v) is 9.41. The Morgan fingerprint density at radius 2 is 1.10 bits per heavy atom. The number of hydrogen-bond acceptors (Lipinski definition) is 0. The van der Waals surface area contributed by atoms with Gasteiger partial charge in [-0.3, -0.25) is 0 Å². The van der Waals surface area contributed by atoms with Crippen LogP contribution in [0.2, 0.25) is 10.0 Å². The average molecular weight is 329 g/mol. The van der Waals surface area contributed by atoms with Gasteiger partial charge < -0.3 is 0 Å². The third kappa shape index (κ3) is 7.56. The number of hydrogen-bond donors (Lipinski definition) is 0. The molecule has 0 saturated heterocycles. The Morgan fingerprint density at radius 3 is 1.62 bits per heavy atom. The van der Waals surface area contributed by atoms with Crippen molar-refractivity contribution in [1.29, 1.82) is 0 Å². The van der Waals surface area contributed by atoms with Gasteiger partial charge in [0, 0.05) is 10.0 Å². The number of rotatable bonds is 11. The Balaban J connectivity index is 2.27. The van der Waals surface area contributed by atoms with E-state index in [0.29, 0.717) is 0 Å². The van der Waals surface area contributed by atoms with Crippen LogP contribution in [0.1, 0.15) is 82.8 Å². The zero-order valence-corrected chi connectivity index (χ0v) is 15.2. The highest BCUT2D eigenvalue weighted by Gasteiger charge is 2.07. The summed E-state index contributed by atoms with van der Waals surface area (Å²) in [6.45, 7) is 4.43. The van der Waals surface area contributed by atoms with Crippen LogP contribution in [-0.4, -0.2) is 0 Å². The van der Waals surface area contributed by atoms with E-state index in [1.54, 1.807) is 0 Å². The van der Waals surface area contributed by atoms with Crippen LogP contribution in [0.4, 0.5) is 0 Å². The average Bonchev–Trinajstić information content (AvgIpc) is 2.46. The number of benzene rings is 1. The minimum absolute atomic E-state index is 0.885. The maximum atomic E-state index is 6.38. The predicted molar refractivity (Wildman–Crippen MR) is 96.8 cm³/mol. The van der Waals surface area contributed by atoms with Gasteiger partial charge >= 0.3 is 0 Å². The van der Waals surface area contributed by atoms with Crippen LogP contribution in [-0.2, 0) is 12.8 Å². The van der Waals surface area contributed by atoms with E-state index >= 15 is 0 Å². The maximum absolute atomic E-state index is 6.38. The maximum Gasteiger partial charge on any atom is 0.0441 e. The van der Waals surface area contributed by atoms with Crippen molar-refractivity contribution in [1.82, 2.24) is 0 Å². The highest BCUT2D eigenvalue weighted by molar-refractivity contribution is 6.34. The monoisotopic (exact) mass is 328 g/mol. The first-order valence-electron chi connectivity index (χ1n) is 8.65. The van der Waals surface area contributed by atoms with Gasteiger partial charge in [-0.2, -0.15) is 0 Å². The molecule has 0 aliphatic carbocycles. The normalized spacial score (nSPS) is 11.0. The quantitative estimate of drug-likeness (QED) is 0.366. The van der Waals surface area contributed by atoms with Crippen molar-refractivity contribution in [3.8, 4) is 0 Å². The Bertz CT molecular complexity index is 399. The van der Waals surface area contributed by atoms with E-state index in [9.17, 15) is 0 Å². The molecule has 0 spiro atoms. The molecule has 1 rings (SSSR count). The Morgan fingerprint density at radius 1 is 0.619 bits per heavy atom. The molecule has 0 nitrogen and oxygen atoms in total. The van der Waals surface area contributed by atoms with Gasteiger partial charge in [-0.15, -0.1) is 0 Å². The molecule has 0 amide bonds. The fourth-order valence-corrected chi connectivity index (χ4v) is 3.29. The minimum atomic E-state index is 0.885. The summed E-state index contributed by atoms with van der Waals surface area (Å²) in [4.78, 5) is 0. The second-order valence-electron chi connectivity index (χ2n) is 6.01. The standard InChI is InChI=1S/C19H30Cl2/c1-3-5-6-7-8-9-10-11-13-17-15-18(20)16(12-4-2)14-19(17)21/h14-15H,3-13H2,1-2H3. The topological polar surface area (TPSA) is 0 Å². The molecule has 0 radical (unpaired) electrons. The van der Waals surface area contributed by atoms with Gasteiger partial charge in [0.1, 0.15) is 0 Å². The van der Waals surface area contributed by atoms with Gasteiger partial charge in [-0.25, -0.2) is 0 Å². The summed E-state index contributed by atoms with van der Waals surface area (Å²) in [5.41, 5.74) is 2.40. The second kappa shape index (κ2) is 11.4. The number of aryl methyl sites for hydroxylation is 2. The molecule has 1 aromatic rings. The van der Waals surface area contributed by atoms with Crippen molar-refractivity contribution in [2.45, 2.75) is 84.5 Å². The summed E-state index contributed by atoms with van der Waals surface area (Å²) in [5.74, 6) is 0. The summed E-state index contributed by atoms with van der Waals surface area (Å²) in [5, 5.41) is 1.78. The molecule has 0 fully saturated rings. The fraction of sp³-hybridized carbons (Fsp3) is 0.684. The van der Waals surface area contributed by atoms with Crippen molar-refractivity contribution in [2.24, 2.45) is 0 Å². The van der Waals surface area contributed by atoms with Crippen molar-refractivity contribution in [2.75, 3.05) is 0 Å². The molecule has 0 aliphatic rings. The van der Waals surface area contributed by atoms with Crippen molar-refractivity contribution >= 4 is 23.2 Å². The Kier molecular flexibility index (Phi) is 10.2. The third-order valence-electron chi connectivity index (χ3n) is 4.03. The smallest absolute Gasteiger partial charge is 0.0441 e. The van der Waals surface area contributed by atoms with Gasteiger partial charge in [-0.05, 0) is 42.5 Å². The zero-order valence-electron chi connectivity index (χ0n) is 13.7. The van der Waals surface area contributed by atoms with Gasteiger partial charge in [0.05, 0.1) is 0 Å². The van der Waals surface area contributed by atoms with Crippen LogP contribution in [0.3, 0.4) is 0 Å². The van der Waals surface area contributed by atoms with Crippen molar-refractivity contribution in [3.05, 3.63) is 33.3 Å². The lowest BCUT2D eigenvalue weighted by molar-refractivity contribution is 0.575. The SMILES string of the molecule is CCCCCCCCCCc1cc(Cl)c(CCC)cc1Cl. The van der Waals surface area contributed by atoms with Crippen LogP contribution in [0.15, 0.2) is 12.1 Å². The molecule has 120 valence electrons. The van der Waals surface area contributed by atoms with E-state index in [0.717, 1.165) is 29.3 Å². The second-order valence-corrected chi connectivity index (χ2v) is 6.82. The summed E-state index contributed by atoms with van der Waals surface area (Å²) in [7, 11) is 0.